The second-order valence-corrected chi connectivity index (χ2v) is 3.18. The van der Waals surface area contributed by atoms with E-state index in [2.05, 4.69) is 4.98 Å². The number of hydrogen-bond acceptors (Lipinski definition) is 3. The molecule has 1 aromatic heterocycles. The van der Waals surface area contributed by atoms with Crippen LogP contribution >= 0.6 is 0 Å². The van der Waals surface area contributed by atoms with Gasteiger partial charge >= 0.3 is 0 Å². The molecule has 0 saturated carbocycles. The molecule has 0 spiro atoms. The molecule has 0 aliphatic heterocycles. The zero-order valence-corrected chi connectivity index (χ0v) is 7.73. The fraction of sp³-hybridized carbons (Fsp3) is 0.400. The lowest BCUT2D eigenvalue weighted by atomic mass is 10.1. The fourth-order valence-corrected chi connectivity index (χ4v) is 1.04. The van der Waals surface area contributed by atoms with Gasteiger partial charge in [-0.3, -0.25) is 9.78 Å². The first-order valence-electron chi connectivity index (χ1n) is 4.39. The number of nitrogens with two attached hydrogens (primary N) is 1. The first-order chi connectivity index (χ1) is 6.20. The van der Waals surface area contributed by atoms with Gasteiger partial charge in [0.25, 0.3) is 0 Å². The molecule has 1 rings (SSSR count). The standard InChI is InChI=1S/C10H14N2O/c1-8(11)2-3-10(13)9-4-6-12-7-5-9/h4-8H,2-3,11H2,1H3. The van der Waals surface area contributed by atoms with Crippen LogP contribution in [0.5, 0.6) is 0 Å². The summed E-state index contributed by atoms with van der Waals surface area (Å²) in [5.74, 6) is 0.139. The Balaban J connectivity index is 2.50. The average molecular weight is 178 g/mol. The maximum atomic E-state index is 11.5. The van der Waals surface area contributed by atoms with Crippen LogP contribution in [0.2, 0.25) is 0 Å². The van der Waals surface area contributed by atoms with Crippen molar-refractivity contribution in [3.8, 4) is 0 Å². The number of rotatable bonds is 4. The first kappa shape index (κ1) is 9.86. The molecule has 3 heteroatoms. The van der Waals surface area contributed by atoms with Crippen molar-refractivity contribution in [2.75, 3.05) is 0 Å². The van der Waals surface area contributed by atoms with Gasteiger partial charge in [-0.25, -0.2) is 0 Å². The minimum Gasteiger partial charge on any atom is -0.328 e. The summed E-state index contributed by atoms with van der Waals surface area (Å²) in [7, 11) is 0. The van der Waals surface area contributed by atoms with Gasteiger partial charge in [0, 0.05) is 30.4 Å². The normalized spacial score (nSPS) is 12.5. The molecular weight excluding hydrogens is 164 g/mol. The van der Waals surface area contributed by atoms with Gasteiger partial charge in [-0.05, 0) is 25.5 Å². The van der Waals surface area contributed by atoms with Gasteiger partial charge < -0.3 is 5.73 Å². The Kier molecular flexibility index (Phi) is 3.58. The fourth-order valence-electron chi connectivity index (χ4n) is 1.04. The Labute approximate surface area is 78.0 Å². The molecule has 0 fully saturated rings. The summed E-state index contributed by atoms with van der Waals surface area (Å²) >= 11 is 0. The van der Waals surface area contributed by atoms with Crippen LogP contribution in [-0.2, 0) is 0 Å². The van der Waals surface area contributed by atoms with Crippen LogP contribution in [0.1, 0.15) is 30.1 Å². The van der Waals surface area contributed by atoms with Gasteiger partial charge in [0.1, 0.15) is 0 Å². The maximum Gasteiger partial charge on any atom is 0.163 e. The summed E-state index contributed by atoms with van der Waals surface area (Å²) in [5.41, 5.74) is 6.27. The molecule has 70 valence electrons. The van der Waals surface area contributed by atoms with Crippen molar-refractivity contribution in [1.82, 2.24) is 4.98 Å². The van der Waals surface area contributed by atoms with Crippen LogP contribution in [0.15, 0.2) is 24.5 Å². The number of ketones is 1. The van der Waals surface area contributed by atoms with Crippen molar-refractivity contribution >= 4 is 5.78 Å². The van der Waals surface area contributed by atoms with E-state index in [4.69, 9.17) is 5.73 Å². The van der Waals surface area contributed by atoms with Crippen LogP contribution in [0.25, 0.3) is 0 Å². The van der Waals surface area contributed by atoms with E-state index in [1.807, 2.05) is 6.92 Å². The van der Waals surface area contributed by atoms with Gasteiger partial charge in [-0.15, -0.1) is 0 Å². The number of aromatic nitrogens is 1. The molecule has 0 bridgehead atoms. The van der Waals surface area contributed by atoms with Gasteiger partial charge in [-0.2, -0.15) is 0 Å². The summed E-state index contributed by atoms with van der Waals surface area (Å²) in [6, 6.07) is 3.54. The Morgan fingerprint density at radius 1 is 1.54 bits per heavy atom. The third-order valence-electron chi connectivity index (χ3n) is 1.83. The molecule has 2 N–H and O–H groups in total. The minimum atomic E-state index is 0.0887. The Bertz CT molecular complexity index is 270. The monoisotopic (exact) mass is 178 g/mol. The predicted molar refractivity (Wildman–Crippen MR) is 51.5 cm³/mol. The van der Waals surface area contributed by atoms with E-state index < -0.39 is 0 Å². The highest BCUT2D eigenvalue weighted by Gasteiger charge is 2.05. The van der Waals surface area contributed by atoms with E-state index >= 15 is 0 Å². The molecule has 0 aliphatic carbocycles. The van der Waals surface area contributed by atoms with E-state index in [9.17, 15) is 4.79 Å². The van der Waals surface area contributed by atoms with Crippen LogP contribution in [0, 0.1) is 0 Å². The average Bonchev–Trinajstić information content (AvgIpc) is 2.15. The van der Waals surface area contributed by atoms with E-state index in [-0.39, 0.29) is 11.8 Å². The smallest absolute Gasteiger partial charge is 0.163 e. The topological polar surface area (TPSA) is 56.0 Å². The third kappa shape index (κ3) is 3.34. The quantitative estimate of drug-likeness (QED) is 0.709. The molecular formula is C10H14N2O. The molecule has 1 unspecified atom stereocenters. The molecule has 1 atom stereocenters. The minimum absolute atomic E-state index is 0.0887. The van der Waals surface area contributed by atoms with Crippen LogP contribution in [0.4, 0.5) is 0 Å². The molecule has 0 aliphatic rings. The summed E-state index contributed by atoms with van der Waals surface area (Å²) in [6.07, 6.45) is 4.50. The summed E-state index contributed by atoms with van der Waals surface area (Å²) in [4.78, 5) is 15.3. The number of nitrogens with zero attached hydrogens (tertiary/aromatic N) is 1. The molecule has 13 heavy (non-hydrogen) atoms. The summed E-state index contributed by atoms with van der Waals surface area (Å²) in [6.45, 7) is 1.90. The Morgan fingerprint density at radius 2 is 2.15 bits per heavy atom. The van der Waals surface area contributed by atoms with Crippen molar-refractivity contribution in [3.05, 3.63) is 30.1 Å². The highest BCUT2D eigenvalue weighted by Crippen LogP contribution is 2.04. The van der Waals surface area contributed by atoms with Crippen LogP contribution in [-0.4, -0.2) is 16.8 Å². The predicted octanol–water partition coefficient (Wildman–Crippen LogP) is 1.39. The third-order valence-corrected chi connectivity index (χ3v) is 1.83. The van der Waals surface area contributed by atoms with E-state index in [1.54, 1.807) is 24.5 Å². The van der Waals surface area contributed by atoms with E-state index in [0.29, 0.717) is 6.42 Å². The van der Waals surface area contributed by atoms with Crippen LogP contribution in [0.3, 0.4) is 0 Å². The number of carbonyl (C=O) groups is 1. The lowest BCUT2D eigenvalue weighted by Crippen LogP contribution is -2.16. The van der Waals surface area contributed by atoms with E-state index in [1.165, 1.54) is 0 Å². The Hall–Kier alpha value is -1.22. The largest absolute Gasteiger partial charge is 0.328 e. The molecule has 1 aromatic rings. The number of hydrogen-bond donors (Lipinski definition) is 1. The van der Waals surface area contributed by atoms with Gasteiger partial charge in [0.2, 0.25) is 0 Å². The molecule has 3 nitrogen and oxygen atoms in total. The van der Waals surface area contributed by atoms with E-state index in [0.717, 1.165) is 12.0 Å². The lowest BCUT2D eigenvalue weighted by Gasteiger charge is -2.03. The van der Waals surface area contributed by atoms with Crippen LogP contribution < -0.4 is 5.73 Å². The Morgan fingerprint density at radius 3 is 2.69 bits per heavy atom. The number of carbonyl (C=O) groups excluding carboxylic acids is 1. The van der Waals surface area contributed by atoms with Crippen molar-refractivity contribution < 1.29 is 4.79 Å². The first-order valence-corrected chi connectivity index (χ1v) is 4.39. The second kappa shape index (κ2) is 4.72. The number of Topliss-reactive ketones (excluding diaryl/α,β-unsaturated/α-hetero) is 1. The molecule has 1 heterocycles. The van der Waals surface area contributed by atoms with Gasteiger partial charge in [0.05, 0.1) is 0 Å². The van der Waals surface area contributed by atoms with Crippen molar-refractivity contribution in [2.24, 2.45) is 5.73 Å². The van der Waals surface area contributed by atoms with Crippen molar-refractivity contribution in [3.63, 3.8) is 0 Å². The van der Waals surface area contributed by atoms with Gasteiger partial charge in [-0.1, -0.05) is 0 Å². The zero-order chi connectivity index (χ0) is 9.68. The second-order valence-electron chi connectivity index (χ2n) is 3.18. The molecule has 0 saturated heterocycles. The summed E-state index contributed by atoms with van der Waals surface area (Å²) < 4.78 is 0. The molecule has 0 amide bonds. The lowest BCUT2D eigenvalue weighted by molar-refractivity contribution is 0.0978. The maximum absolute atomic E-state index is 11.5. The highest BCUT2D eigenvalue weighted by atomic mass is 16.1. The summed E-state index contributed by atoms with van der Waals surface area (Å²) in [5, 5.41) is 0. The van der Waals surface area contributed by atoms with Crippen molar-refractivity contribution in [1.29, 1.82) is 0 Å². The zero-order valence-electron chi connectivity index (χ0n) is 7.73. The molecule has 0 aromatic carbocycles. The SMILES string of the molecule is CC(N)CCC(=O)c1ccncc1. The highest BCUT2D eigenvalue weighted by molar-refractivity contribution is 5.95. The molecule has 0 radical (unpaired) electrons. The number of pyridine rings is 1. The van der Waals surface area contributed by atoms with Gasteiger partial charge in [0.15, 0.2) is 5.78 Å². The van der Waals surface area contributed by atoms with Crippen molar-refractivity contribution in [2.45, 2.75) is 25.8 Å².